The van der Waals surface area contributed by atoms with E-state index in [-0.39, 0.29) is 11.8 Å². The molecule has 1 amide bonds. The maximum Gasteiger partial charge on any atom is 0.417 e. The fourth-order valence-corrected chi connectivity index (χ4v) is 3.83. The highest BCUT2D eigenvalue weighted by Crippen LogP contribution is 2.29. The Bertz CT molecular complexity index is 706. The van der Waals surface area contributed by atoms with Gasteiger partial charge in [-0.2, -0.15) is 13.2 Å². The second-order valence-corrected chi connectivity index (χ2v) is 7.32. The number of hydrogen-bond acceptors (Lipinski definition) is 4. The van der Waals surface area contributed by atoms with Crippen LogP contribution in [0.2, 0.25) is 0 Å². The van der Waals surface area contributed by atoms with E-state index in [4.69, 9.17) is 6.42 Å². The SMILES string of the molecule is C#CCN1CCC(C(=O)N2CCCN(c3ccc(C(F)(F)F)cn3)CC2)CC1. The third-order valence-electron chi connectivity index (χ3n) is 5.46. The van der Waals surface area contributed by atoms with E-state index in [9.17, 15) is 18.0 Å². The van der Waals surface area contributed by atoms with Crippen LogP contribution in [0.3, 0.4) is 0 Å². The molecule has 0 unspecified atom stereocenters. The van der Waals surface area contributed by atoms with Gasteiger partial charge in [0.05, 0.1) is 12.1 Å². The number of carbonyl (C=O) groups is 1. The predicted octanol–water partition coefficient (Wildman–Crippen LogP) is 2.48. The van der Waals surface area contributed by atoms with Crippen molar-refractivity contribution in [1.29, 1.82) is 0 Å². The summed E-state index contributed by atoms with van der Waals surface area (Å²) in [4.78, 5) is 22.9. The number of rotatable bonds is 3. The summed E-state index contributed by atoms with van der Waals surface area (Å²) in [6.07, 6.45) is 4.24. The van der Waals surface area contributed by atoms with Gasteiger partial charge in [0.2, 0.25) is 5.91 Å². The van der Waals surface area contributed by atoms with Crippen LogP contribution in [0.1, 0.15) is 24.8 Å². The molecule has 0 bridgehead atoms. The molecular weight excluding hydrogens is 369 g/mol. The van der Waals surface area contributed by atoms with E-state index in [0.29, 0.717) is 38.5 Å². The van der Waals surface area contributed by atoms with Crippen LogP contribution in [0.4, 0.5) is 19.0 Å². The summed E-state index contributed by atoms with van der Waals surface area (Å²) >= 11 is 0. The molecule has 8 heteroatoms. The Morgan fingerprint density at radius 3 is 2.50 bits per heavy atom. The minimum Gasteiger partial charge on any atom is -0.355 e. The number of alkyl halides is 3. The molecule has 3 heterocycles. The minimum absolute atomic E-state index is 0.0322. The van der Waals surface area contributed by atoms with Gasteiger partial charge in [0.1, 0.15) is 5.82 Å². The first-order chi connectivity index (χ1) is 13.4. The molecule has 0 spiro atoms. The minimum atomic E-state index is -4.39. The van der Waals surface area contributed by atoms with E-state index in [0.717, 1.165) is 44.6 Å². The van der Waals surface area contributed by atoms with Crippen molar-refractivity contribution in [3.05, 3.63) is 23.9 Å². The fraction of sp³-hybridized carbons (Fsp3) is 0.600. The van der Waals surface area contributed by atoms with Gasteiger partial charge in [-0.25, -0.2) is 4.98 Å². The molecule has 5 nitrogen and oxygen atoms in total. The summed E-state index contributed by atoms with van der Waals surface area (Å²) in [6.45, 7) is 4.78. The van der Waals surface area contributed by atoms with E-state index >= 15 is 0 Å². The summed E-state index contributed by atoms with van der Waals surface area (Å²) in [6, 6.07) is 2.46. The molecule has 2 saturated heterocycles. The van der Waals surface area contributed by atoms with Crippen LogP contribution < -0.4 is 4.90 Å². The first kappa shape index (κ1) is 20.5. The molecule has 2 aliphatic rings. The maximum atomic E-state index is 12.9. The lowest BCUT2D eigenvalue weighted by atomic mass is 9.95. The molecule has 0 saturated carbocycles. The number of pyridine rings is 1. The molecular formula is C20H25F3N4O. The van der Waals surface area contributed by atoms with Gasteiger partial charge in [0, 0.05) is 38.3 Å². The number of nitrogens with zero attached hydrogens (tertiary/aromatic N) is 4. The number of terminal acetylenes is 1. The van der Waals surface area contributed by atoms with Crippen LogP contribution in [0.15, 0.2) is 18.3 Å². The topological polar surface area (TPSA) is 39.7 Å². The second kappa shape index (κ2) is 8.82. The number of carbonyl (C=O) groups excluding carboxylic acids is 1. The zero-order valence-corrected chi connectivity index (χ0v) is 15.8. The Kier molecular flexibility index (Phi) is 6.45. The van der Waals surface area contributed by atoms with Crippen LogP contribution in [0, 0.1) is 18.3 Å². The Hall–Kier alpha value is -2.27. The molecule has 2 fully saturated rings. The molecule has 2 aliphatic heterocycles. The number of piperidine rings is 1. The van der Waals surface area contributed by atoms with Crippen molar-refractivity contribution < 1.29 is 18.0 Å². The van der Waals surface area contributed by atoms with Crippen LogP contribution in [0.25, 0.3) is 0 Å². The number of halogens is 3. The summed E-state index contributed by atoms with van der Waals surface area (Å²) in [5, 5.41) is 0. The highest BCUT2D eigenvalue weighted by atomic mass is 19.4. The summed E-state index contributed by atoms with van der Waals surface area (Å²) in [5.41, 5.74) is -0.751. The van der Waals surface area contributed by atoms with E-state index < -0.39 is 11.7 Å². The highest BCUT2D eigenvalue weighted by molar-refractivity contribution is 5.79. The predicted molar refractivity (Wildman–Crippen MR) is 101 cm³/mol. The van der Waals surface area contributed by atoms with Crippen molar-refractivity contribution in [3.8, 4) is 12.3 Å². The highest BCUT2D eigenvalue weighted by Gasteiger charge is 2.32. The molecule has 3 rings (SSSR count). The van der Waals surface area contributed by atoms with Gasteiger partial charge in [0.25, 0.3) is 0 Å². The molecule has 1 aromatic rings. The molecule has 0 aromatic carbocycles. The first-order valence-electron chi connectivity index (χ1n) is 9.61. The molecule has 28 heavy (non-hydrogen) atoms. The zero-order chi connectivity index (χ0) is 20.1. The largest absolute Gasteiger partial charge is 0.417 e. The van der Waals surface area contributed by atoms with Crippen LogP contribution in [0.5, 0.6) is 0 Å². The normalized spacial score (nSPS) is 19.9. The van der Waals surface area contributed by atoms with E-state index in [1.807, 2.05) is 9.80 Å². The van der Waals surface area contributed by atoms with Crippen molar-refractivity contribution in [1.82, 2.24) is 14.8 Å². The summed E-state index contributed by atoms with van der Waals surface area (Å²) in [5.74, 6) is 3.38. The van der Waals surface area contributed by atoms with Crippen LogP contribution in [-0.4, -0.2) is 66.5 Å². The fourth-order valence-electron chi connectivity index (χ4n) is 3.83. The van der Waals surface area contributed by atoms with Gasteiger partial charge in [0.15, 0.2) is 0 Å². The average Bonchev–Trinajstić information content (AvgIpc) is 2.94. The molecule has 0 aliphatic carbocycles. The monoisotopic (exact) mass is 394 g/mol. The summed E-state index contributed by atoms with van der Waals surface area (Å²) < 4.78 is 38.1. The Labute approximate surface area is 163 Å². The van der Waals surface area contributed by atoms with Gasteiger partial charge in [-0.3, -0.25) is 9.69 Å². The van der Waals surface area contributed by atoms with Gasteiger partial charge in [-0.15, -0.1) is 6.42 Å². The Morgan fingerprint density at radius 1 is 1.14 bits per heavy atom. The second-order valence-electron chi connectivity index (χ2n) is 7.32. The molecule has 0 radical (unpaired) electrons. The lowest BCUT2D eigenvalue weighted by Crippen LogP contribution is -2.44. The van der Waals surface area contributed by atoms with E-state index in [1.165, 1.54) is 6.07 Å². The van der Waals surface area contributed by atoms with Crippen LogP contribution >= 0.6 is 0 Å². The average molecular weight is 394 g/mol. The van der Waals surface area contributed by atoms with Crippen LogP contribution in [-0.2, 0) is 11.0 Å². The number of anilines is 1. The lowest BCUT2D eigenvalue weighted by molar-refractivity contribution is -0.138. The maximum absolute atomic E-state index is 12.9. The Morgan fingerprint density at radius 2 is 1.89 bits per heavy atom. The zero-order valence-electron chi connectivity index (χ0n) is 15.8. The number of amides is 1. The third kappa shape index (κ3) is 4.96. The first-order valence-corrected chi connectivity index (χ1v) is 9.61. The van der Waals surface area contributed by atoms with Gasteiger partial charge < -0.3 is 9.80 Å². The van der Waals surface area contributed by atoms with Crippen molar-refractivity contribution in [2.75, 3.05) is 50.7 Å². The lowest BCUT2D eigenvalue weighted by Gasteiger charge is -2.33. The molecule has 0 N–H and O–H groups in total. The van der Waals surface area contributed by atoms with Gasteiger partial charge in [-0.05, 0) is 44.5 Å². The van der Waals surface area contributed by atoms with Gasteiger partial charge in [-0.1, -0.05) is 5.92 Å². The standard InChI is InChI=1S/C20H25F3N4O/c1-2-8-25-11-6-16(7-12-25)19(28)27-10-3-9-26(13-14-27)18-5-4-17(15-24-18)20(21,22)23/h1,4-5,15-16H,3,6-14H2. The molecule has 1 aromatic heterocycles. The van der Waals surface area contributed by atoms with Crippen molar-refractivity contribution >= 4 is 11.7 Å². The van der Waals surface area contributed by atoms with Crippen molar-refractivity contribution in [2.24, 2.45) is 5.92 Å². The quantitative estimate of drug-likeness (QED) is 0.739. The van der Waals surface area contributed by atoms with Crippen molar-refractivity contribution in [2.45, 2.75) is 25.4 Å². The molecule has 0 atom stereocenters. The van der Waals surface area contributed by atoms with E-state index in [2.05, 4.69) is 15.8 Å². The smallest absolute Gasteiger partial charge is 0.355 e. The van der Waals surface area contributed by atoms with Crippen molar-refractivity contribution in [3.63, 3.8) is 0 Å². The van der Waals surface area contributed by atoms with E-state index in [1.54, 1.807) is 0 Å². The summed E-state index contributed by atoms with van der Waals surface area (Å²) in [7, 11) is 0. The Balaban J connectivity index is 1.55. The number of hydrogen-bond donors (Lipinski definition) is 0. The number of aromatic nitrogens is 1. The third-order valence-corrected chi connectivity index (χ3v) is 5.46. The number of likely N-dealkylation sites (tertiary alicyclic amines) is 1. The molecule has 152 valence electrons. The van der Waals surface area contributed by atoms with Gasteiger partial charge >= 0.3 is 6.18 Å².